The first-order valence-corrected chi connectivity index (χ1v) is 7.33. The van der Waals surface area contributed by atoms with Gasteiger partial charge in [0.25, 0.3) is 0 Å². The van der Waals surface area contributed by atoms with Crippen LogP contribution in [0.5, 0.6) is 5.75 Å². The van der Waals surface area contributed by atoms with Crippen molar-refractivity contribution in [2.45, 2.75) is 18.9 Å². The van der Waals surface area contributed by atoms with E-state index in [0.29, 0.717) is 6.04 Å². The molecular weight excluding hydrogens is 246 g/mol. The lowest BCUT2D eigenvalue weighted by molar-refractivity contribution is 0.257. The third kappa shape index (κ3) is 3.02. The van der Waals surface area contributed by atoms with Crippen LogP contribution < -0.4 is 10.1 Å². The summed E-state index contributed by atoms with van der Waals surface area (Å²) in [6, 6.07) is 19.2. The van der Waals surface area contributed by atoms with Gasteiger partial charge in [-0.2, -0.15) is 0 Å². The molecule has 1 fully saturated rings. The lowest BCUT2D eigenvalue weighted by Gasteiger charge is -2.18. The molecule has 0 radical (unpaired) electrons. The molecule has 0 heterocycles. The van der Waals surface area contributed by atoms with Gasteiger partial charge in [0.15, 0.2) is 0 Å². The van der Waals surface area contributed by atoms with E-state index in [2.05, 4.69) is 47.8 Å². The largest absolute Gasteiger partial charge is 0.491 e. The summed E-state index contributed by atoms with van der Waals surface area (Å²) < 4.78 is 6.08. The average Bonchev–Trinajstić information content (AvgIpc) is 3.34. The number of ether oxygens (including phenoxy) is 1. The maximum atomic E-state index is 6.08. The Morgan fingerprint density at radius 2 is 1.75 bits per heavy atom. The molecule has 3 rings (SSSR count). The minimum atomic E-state index is 0.471. The van der Waals surface area contributed by atoms with Crippen LogP contribution >= 0.6 is 0 Å². The van der Waals surface area contributed by atoms with Gasteiger partial charge in [0, 0.05) is 11.6 Å². The van der Waals surface area contributed by atoms with Crippen LogP contribution in [0.15, 0.2) is 54.6 Å². The number of para-hydroxylation sites is 1. The van der Waals surface area contributed by atoms with Crippen molar-refractivity contribution in [1.29, 1.82) is 0 Å². The molecule has 1 aliphatic rings. The van der Waals surface area contributed by atoms with E-state index in [0.717, 1.165) is 18.3 Å². The highest BCUT2D eigenvalue weighted by Crippen LogP contribution is 2.34. The number of nitrogens with one attached hydrogen (secondary N) is 1. The first kappa shape index (κ1) is 13.2. The number of hydrogen-bond acceptors (Lipinski definition) is 2. The van der Waals surface area contributed by atoms with Gasteiger partial charge < -0.3 is 10.1 Å². The Hall–Kier alpha value is -1.80. The molecule has 0 saturated heterocycles. The summed E-state index contributed by atoms with van der Waals surface area (Å²) in [6.07, 6.45) is 2.66. The third-order valence-corrected chi connectivity index (χ3v) is 3.95. The zero-order chi connectivity index (χ0) is 13.8. The van der Waals surface area contributed by atoms with Gasteiger partial charge in [-0.1, -0.05) is 48.5 Å². The molecule has 2 aromatic carbocycles. The zero-order valence-electron chi connectivity index (χ0n) is 11.9. The smallest absolute Gasteiger partial charge is 0.127 e. The molecule has 1 aliphatic carbocycles. The maximum Gasteiger partial charge on any atom is 0.127 e. The van der Waals surface area contributed by atoms with Crippen molar-refractivity contribution < 1.29 is 4.74 Å². The summed E-state index contributed by atoms with van der Waals surface area (Å²) in [5, 5.41) is 3.37. The van der Waals surface area contributed by atoms with Gasteiger partial charge in [-0.15, -0.1) is 0 Å². The van der Waals surface area contributed by atoms with Gasteiger partial charge in [0.05, 0.1) is 0 Å². The van der Waals surface area contributed by atoms with E-state index in [9.17, 15) is 0 Å². The second kappa shape index (κ2) is 6.10. The van der Waals surface area contributed by atoms with Gasteiger partial charge in [0.1, 0.15) is 12.4 Å². The molecule has 104 valence electrons. The molecule has 0 aromatic heterocycles. The second-order valence-corrected chi connectivity index (χ2v) is 5.41. The Morgan fingerprint density at radius 3 is 2.45 bits per heavy atom. The summed E-state index contributed by atoms with van der Waals surface area (Å²) in [5.41, 5.74) is 2.37. The Balaban J connectivity index is 1.76. The number of rotatable bonds is 6. The van der Waals surface area contributed by atoms with Crippen molar-refractivity contribution in [2.75, 3.05) is 13.7 Å². The molecule has 0 bridgehead atoms. The summed E-state index contributed by atoms with van der Waals surface area (Å²) in [4.78, 5) is 0. The SMILES string of the molecule is CNC(COc1ccccc1-c1ccccc1)C1CC1. The highest BCUT2D eigenvalue weighted by Gasteiger charge is 2.30. The zero-order valence-corrected chi connectivity index (χ0v) is 11.9. The Labute approximate surface area is 120 Å². The van der Waals surface area contributed by atoms with Crippen LogP contribution in [-0.2, 0) is 0 Å². The quantitative estimate of drug-likeness (QED) is 0.861. The standard InChI is InChI=1S/C18H21NO/c1-19-17(15-11-12-15)13-20-18-10-6-5-9-16(18)14-7-3-2-4-8-14/h2-10,15,17,19H,11-13H2,1H3. The molecule has 20 heavy (non-hydrogen) atoms. The monoisotopic (exact) mass is 267 g/mol. The number of hydrogen-bond donors (Lipinski definition) is 1. The molecule has 2 aromatic rings. The molecule has 1 atom stereocenters. The van der Waals surface area contributed by atoms with Crippen LogP contribution in [0, 0.1) is 5.92 Å². The van der Waals surface area contributed by atoms with Crippen molar-refractivity contribution in [2.24, 2.45) is 5.92 Å². The maximum absolute atomic E-state index is 6.08. The van der Waals surface area contributed by atoms with Crippen LogP contribution in [0.25, 0.3) is 11.1 Å². The van der Waals surface area contributed by atoms with Crippen LogP contribution in [-0.4, -0.2) is 19.7 Å². The molecule has 1 saturated carbocycles. The predicted molar refractivity (Wildman–Crippen MR) is 82.9 cm³/mol. The fourth-order valence-electron chi connectivity index (χ4n) is 2.58. The molecule has 0 spiro atoms. The molecule has 1 N–H and O–H groups in total. The van der Waals surface area contributed by atoms with E-state index < -0.39 is 0 Å². The van der Waals surface area contributed by atoms with Crippen LogP contribution in [0.3, 0.4) is 0 Å². The first-order valence-electron chi connectivity index (χ1n) is 7.33. The highest BCUT2D eigenvalue weighted by atomic mass is 16.5. The van der Waals surface area contributed by atoms with Gasteiger partial charge in [-0.25, -0.2) is 0 Å². The summed E-state index contributed by atoms with van der Waals surface area (Å²) in [5.74, 6) is 1.77. The van der Waals surface area contributed by atoms with Crippen molar-refractivity contribution in [1.82, 2.24) is 5.32 Å². The molecule has 0 amide bonds. The second-order valence-electron chi connectivity index (χ2n) is 5.41. The fourth-order valence-corrected chi connectivity index (χ4v) is 2.58. The Kier molecular flexibility index (Phi) is 4.03. The molecular formula is C18H21NO. The topological polar surface area (TPSA) is 21.3 Å². The summed E-state index contributed by atoms with van der Waals surface area (Å²) in [7, 11) is 2.02. The van der Waals surface area contributed by atoms with Crippen molar-refractivity contribution in [3.05, 3.63) is 54.6 Å². The normalized spacial score (nSPS) is 15.8. The Morgan fingerprint density at radius 1 is 1.05 bits per heavy atom. The molecule has 1 unspecified atom stereocenters. The average molecular weight is 267 g/mol. The van der Waals surface area contributed by atoms with Crippen LogP contribution in [0.4, 0.5) is 0 Å². The first-order chi connectivity index (χ1) is 9.88. The van der Waals surface area contributed by atoms with Gasteiger partial charge in [-0.05, 0) is 37.4 Å². The van der Waals surface area contributed by atoms with E-state index in [-0.39, 0.29) is 0 Å². The third-order valence-electron chi connectivity index (χ3n) is 3.95. The van der Waals surface area contributed by atoms with Crippen molar-refractivity contribution >= 4 is 0 Å². The number of likely N-dealkylation sites (N-methyl/N-ethyl adjacent to an activating group) is 1. The van der Waals surface area contributed by atoms with Gasteiger partial charge >= 0.3 is 0 Å². The van der Waals surface area contributed by atoms with Gasteiger partial charge in [-0.3, -0.25) is 0 Å². The van der Waals surface area contributed by atoms with Gasteiger partial charge in [0.2, 0.25) is 0 Å². The van der Waals surface area contributed by atoms with E-state index >= 15 is 0 Å². The summed E-state index contributed by atoms with van der Waals surface area (Å²) >= 11 is 0. The van der Waals surface area contributed by atoms with E-state index in [1.807, 2.05) is 19.2 Å². The van der Waals surface area contributed by atoms with Crippen molar-refractivity contribution in [3.63, 3.8) is 0 Å². The van der Waals surface area contributed by atoms with E-state index in [1.54, 1.807) is 0 Å². The highest BCUT2D eigenvalue weighted by molar-refractivity contribution is 5.70. The number of benzene rings is 2. The van der Waals surface area contributed by atoms with Crippen molar-refractivity contribution in [3.8, 4) is 16.9 Å². The van der Waals surface area contributed by atoms with E-state index in [1.165, 1.54) is 24.0 Å². The minimum Gasteiger partial charge on any atom is -0.491 e. The lowest BCUT2D eigenvalue weighted by Crippen LogP contribution is -2.33. The lowest BCUT2D eigenvalue weighted by atomic mass is 10.0. The Bertz CT molecular complexity index is 548. The molecule has 0 aliphatic heterocycles. The minimum absolute atomic E-state index is 0.471. The predicted octanol–water partition coefficient (Wildman–Crippen LogP) is 3.73. The summed E-state index contributed by atoms with van der Waals surface area (Å²) in [6.45, 7) is 0.741. The van der Waals surface area contributed by atoms with E-state index in [4.69, 9.17) is 4.74 Å². The van der Waals surface area contributed by atoms with Crippen LogP contribution in [0.1, 0.15) is 12.8 Å². The van der Waals surface area contributed by atoms with Crippen LogP contribution in [0.2, 0.25) is 0 Å². The molecule has 2 nitrogen and oxygen atoms in total. The fraction of sp³-hybridized carbons (Fsp3) is 0.333. The molecule has 2 heteroatoms.